The Hall–Kier alpha value is -2.64. The van der Waals surface area contributed by atoms with E-state index in [0.717, 1.165) is 30.0 Å². The van der Waals surface area contributed by atoms with Gasteiger partial charge in [0.2, 0.25) is 0 Å². The van der Waals surface area contributed by atoms with E-state index in [2.05, 4.69) is 20.5 Å². The predicted octanol–water partition coefficient (Wildman–Crippen LogP) is 2.96. The van der Waals surface area contributed by atoms with Crippen molar-refractivity contribution in [2.24, 2.45) is 4.99 Å². The summed E-state index contributed by atoms with van der Waals surface area (Å²) in [4.78, 5) is 6.67. The van der Waals surface area contributed by atoms with E-state index in [1.54, 1.807) is 19.2 Å². The molecule has 0 radical (unpaired) electrons. The molecule has 1 saturated heterocycles. The zero-order chi connectivity index (χ0) is 21.2. The van der Waals surface area contributed by atoms with Crippen molar-refractivity contribution < 1.29 is 13.9 Å². The molecule has 1 heterocycles. The van der Waals surface area contributed by atoms with Crippen LogP contribution in [-0.2, 0) is 11.3 Å². The lowest BCUT2D eigenvalue weighted by Crippen LogP contribution is -2.46. The van der Waals surface area contributed by atoms with Gasteiger partial charge in [-0.25, -0.2) is 4.39 Å². The molecule has 7 heteroatoms. The Morgan fingerprint density at radius 1 is 1.17 bits per heavy atom. The maximum absolute atomic E-state index is 13.9. The number of ether oxygens (including phenoxy) is 2. The van der Waals surface area contributed by atoms with Gasteiger partial charge in [0.05, 0.1) is 25.9 Å². The Labute approximate surface area is 178 Å². The number of rotatable bonds is 8. The fourth-order valence-electron chi connectivity index (χ4n) is 3.60. The Morgan fingerprint density at radius 2 is 1.97 bits per heavy atom. The number of morpholine rings is 1. The van der Waals surface area contributed by atoms with Crippen molar-refractivity contribution in [3.8, 4) is 5.75 Å². The van der Waals surface area contributed by atoms with Gasteiger partial charge in [-0.2, -0.15) is 0 Å². The van der Waals surface area contributed by atoms with E-state index in [0.29, 0.717) is 38.9 Å². The Kier molecular flexibility index (Phi) is 8.47. The van der Waals surface area contributed by atoms with Crippen LogP contribution in [0.2, 0.25) is 0 Å². The highest BCUT2D eigenvalue weighted by Gasteiger charge is 2.23. The highest BCUT2D eigenvalue weighted by atomic mass is 19.1. The third kappa shape index (κ3) is 6.18. The van der Waals surface area contributed by atoms with Crippen LogP contribution in [0.1, 0.15) is 24.1 Å². The molecule has 0 spiro atoms. The predicted molar refractivity (Wildman–Crippen MR) is 117 cm³/mol. The molecule has 3 rings (SSSR count). The molecule has 6 nitrogen and oxygen atoms in total. The normalized spacial score (nSPS) is 16.2. The van der Waals surface area contributed by atoms with Gasteiger partial charge in [0, 0.05) is 38.8 Å². The van der Waals surface area contributed by atoms with Crippen molar-refractivity contribution in [1.29, 1.82) is 0 Å². The lowest BCUT2D eigenvalue weighted by molar-refractivity contribution is 0.0169. The molecular weight excluding hydrogens is 383 g/mol. The van der Waals surface area contributed by atoms with Crippen molar-refractivity contribution in [2.75, 3.05) is 46.5 Å². The minimum atomic E-state index is -0.221. The van der Waals surface area contributed by atoms with E-state index in [4.69, 9.17) is 9.47 Å². The smallest absolute Gasteiger partial charge is 0.191 e. The monoisotopic (exact) mass is 414 g/mol. The third-order valence-electron chi connectivity index (χ3n) is 5.13. The quantitative estimate of drug-likeness (QED) is 0.514. The van der Waals surface area contributed by atoms with Crippen LogP contribution in [0, 0.1) is 5.82 Å². The second kappa shape index (κ2) is 11.5. The average molecular weight is 415 g/mol. The summed E-state index contributed by atoms with van der Waals surface area (Å²) in [5.74, 6) is 1.34. The summed E-state index contributed by atoms with van der Waals surface area (Å²) in [5, 5.41) is 6.75. The molecule has 0 aliphatic carbocycles. The lowest BCUT2D eigenvalue weighted by atomic mass is 10.0. The van der Waals surface area contributed by atoms with Crippen LogP contribution in [0.5, 0.6) is 5.75 Å². The van der Waals surface area contributed by atoms with Gasteiger partial charge in [0.15, 0.2) is 5.96 Å². The molecule has 0 bridgehead atoms. The second-order valence-electron chi connectivity index (χ2n) is 7.07. The summed E-state index contributed by atoms with van der Waals surface area (Å²) in [7, 11) is 1.75. The van der Waals surface area contributed by atoms with Crippen molar-refractivity contribution >= 4 is 5.96 Å². The summed E-state index contributed by atoms with van der Waals surface area (Å²) < 4.78 is 25.0. The molecule has 1 unspecified atom stereocenters. The highest BCUT2D eigenvalue weighted by Crippen LogP contribution is 2.22. The number of nitrogens with zero attached hydrogens (tertiary/aromatic N) is 2. The fourth-order valence-corrected chi connectivity index (χ4v) is 3.60. The Balaban J connectivity index is 1.64. The van der Waals surface area contributed by atoms with Gasteiger partial charge < -0.3 is 20.1 Å². The number of benzene rings is 2. The minimum Gasteiger partial charge on any atom is -0.494 e. The number of guanidine groups is 1. The van der Waals surface area contributed by atoms with Crippen LogP contribution >= 0.6 is 0 Å². The number of halogens is 1. The van der Waals surface area contributed by atoms with Crippen LogP contribution < -0.4 is 15.4 Å². The fraction of sp³-hybridized carbons (Fsp3) is 0.435. The zero-order valence-corrected chi connectivity index (χ0v) is 17.7. The SMILES string of the molecule is CCOc1ccccc1CNC(=NC)NCC(c1cccc(F)c1)N1CCOCC1. The molecule has 0 aromatic heterocycles. The summed E-state index contributed by atoms with van der Waals surface area (Å²) in [6.45, 7) is 6.81. The number of nitrogens with one attached hydrogen (secondary N) is 2. The lowest BCUT2D eigenvalue weighted by Gasteiger charge is -2.35. The summed E-state index contributed by atoms with van der Waals surface area (Å²) in [6, 6.07) is 14.8. The van der Waals surface area contributed by atoms with E-state index in [9.17, 15) is 4.39 Å². The van der Waals surface area contributed by atoms with Gasteiger partial charge in [0.1, 0.15) is 11.6 Å². The van der Waals surface area contributed by atoms with E-state index in [-0.39, 0.29) is 11.9 Å². The zero-order valence-electron chi connectivity index (χ0n) is 17.7. The van der Waals surface area contributed by atoms with E-state index in [1.807, 2.05) is 37.3 Å². The first kappa shape index (κ1) is 22.1. The molecule has 0 saturated carbocycles. The van der Waals surface area contributed by atoms with Crippen LogP contribution in [0.3, 0.4) is 0 Å². The van der Waals surface area contributed by atoms with Crippen molar-refractivity contribution in [3.05, 3.63) is 65.5 Å². The summed E-state index contributed by atoms with van der Waals surface area (Å²) >= 11 is 0. The maximum atomic E-state index is 13.9. The van der Waals surface area contributed by atoms with Gasteiger partial charge >= 0.3 is 0 Å². The highest BCUT2D eigenvalue weighted by molar-refractivity contribution is 5.79. The maximum Gasteiger partial charge on any atom is 0.191 e. The molecule has 2 aromatic carbocycles. The van der Waals surface area contributed by atoms with Gasteiger partial charge in [0.25, 0.3) is 0 Å². The van der Waals surface area contributed by atoms with Gasteiger partial charge in [-0.3, -0.25) is 9.89 Å². The van der Waals surface area contributed by atoms with Gasteiger partial charge in [-0.1, -0.05) is 30.3 Å². The number of aliphatic imine (C=N–C) groups is 1. The van der Waals surface area contributed by atoms with Crippen LogP contribution in [0.25, 0.3) is 0 Å². The molecule has 1 aliphatic rings. The molecule has 162 valence electrons. The number of hydrogen-bond donors (Lipinski definition) is 2. The molecule has 2 aromatic rings. The topological polar surface area (TPSA) is 58.1 Å². The van der Waals surface area contributed by atoms with Crippen molar-refractivity contribution in [3.63, 3.8) is 0 Å². The molecule has 0 amide bonds. The number of para-hydroxylation sites is 1. The summed E-state index contributed by atoms with van der Waals surface area (Å²) in [5.41, 5.74) is 2.01. The van der Waals surface area contributed by atoms with Gasteiger partial charge in [-0.15, -0.1) is 0 Å². The molecule has 1 fully saturated rings. The van der Waals surface area contributed by atoms with Crippen LogP contribution in [0.15, 0.2) is 53.5 Å². The second-order valence-corrected chi connectivity index (χ2v) is 7.07. The molecule has 1 atom stereocenters. The summed E-state index contributed by atoms with van der Waals surface area (Å²) in [6.07, 6.45) is 0. The first-order chi connectivity index (χ1) is 14.7. The standard InChI is InChI=1S/C23H31FN4O2/c1-3-30-22-10-5-4-7-19(22)16-26-23(25-2)27-17-21(28-11-13-29-14-12-28)18-8-6-9-20(24)15-18/h4-10,15,21H,3,11-14,16-17H2,1-2H3,(H2,25,26,27). The van der Waals surface area contributed by atoms with Crippen molar-refractivity contribution in [2.45, 2.75) is 19.5 Å². The first-order valence-electron chi connectivity index (χ1n) is 10.4. The average Bonchev–Trinajstić information content (AvgIpc) is 2.78. The van der Waals surface area contributed by atoms with Gasteiger partial charge in [-0.05, 0) is 30.7 Å². The van der Waals surface area contributed by atoms with Crippen LogP contribution in [-0.4, -0.2) is 57.4 Å². The molecule has 30 heavy (non-hydrogen) atoms. The largest absolute Gasteiger partial charge is 0.494 e. The Morgan fingerprint density at radius 3 is 2.70 bits per heavy atom. The van der Waals surface area contributed by atoms with Crippen molar-refractivity contribution in [1.82, 2.24) is 15.5 Å². The first-order valence-corrected chi connectivity index (χ1v) is 10.4. The molecule has 2 N–H and O–H groups in total. The van der Waals surface area contributed by atoms with E-state index >= 15 is 0 Å². The third-order valence-corrected chi connectivity index (χ3v) is 5.13. The van der Waals surface area contributed by atoms with E-state index < -0.39 is 0 Å². The minimum absolute atomic E-state index is 0.0267. The van der Waals surface area contributed by atoms with E-state index in [1.165, 1.54) is 6.07 Å². The molecule has 1 aliphatic heterocycles. The van der Waals surface area contributed by atoms with Crippen LogP contribution in [0.4, 0.5) is 4.39 Å². The molecular formula is C23H31FN4O2. The number of hydrogen-bond acceptors (Lipinski definition) is 4. The Bertz CT molecular complexity index is 824.